The highest BCUT2D eigenvalue weighted by atomic mass is 15.0. The predicted octanol–water partition coefficient (Wildman–Crippen LogP) is 4.02. The summed E-state index contributed by atoms with van der Waals surface area (Å²) in [5, 5.41) is 0. The van der Waals surface area contributed by atoms with E-state index in [9.17, 15) is 0 Å². The van der Waals surface area contributed by atoms with Crippen LogP contribution in [0.1, 0.15) is 47.0 Å². The van der Waals surface area contributed by atoms with Gasteiger partial charge in [0.25, 0.3) is 0 Å². The first kappa shape index (κ1) is 8.84. The van der Waals surface area contributed by atoms with Crippen LogP contribution in [0.2, 0.25) is 0 Å². The van der Waals surface area contributed by atoms with Crippen molar-refractivity contribution in [3.63, 3.8) is 0 Å². The topological polar surface area (TPSA) is 0 Å². The molecule has 0 saturated heterocycles. The highest BCUT2D eigenvalue weighted by Gasteiger charge is 2.92. The molecule has 5 aliphatic carbocycles. The minimum atomic E-state index is 0.564. The molecule has 0 nitrogen and oxygen atoms in total. The second-order valence-electron chi connectivity index (χ2n) is 7.74. The van der Waals surface area contributed by atoms with Crippen LogP contribution in [0.25, 0.3) is 0 Å². The van der Waals surface area contributed by atoms with Gasteiger partial charge in [-0.3, -0.25) is 0 Å². The molecule has 0 aromatic carbocycles. The van der Waals surface area contributed by atoms with Crippen molar-refractivity contribution in [2.75, 3.05) is 0 Å². The van der Waals surface area contributed by atoms with Gasteiger partial charge in [-0.15, -0.1) is 0 Å². The van der Waals surface area contributed by atoms with Crippen molar-refractivity contribution < 1.29 is 0 Å². The first-order valence-electron chi connectivity index (χ1n) is 6.58. The average molecular weight is 202 g/mol. The quantitative estimate of drug-likeness (QED) is 0.520. The Hall–Kier alpha value is -0.260. The van der Waals surface area contributed by atoms with Gasteiger partial charge >= 0.3 is 0 Å². The summed E-state index contributed by atoms with van der Waals surface area (Å²) in [4.78, 5) is 0. The van der Waals surface area contributed by atoms with Crippen LogP contribution in [0.3, 0.4) is 0 Å². The zero-order chi connectivity index (χ0) is 10.7. The van der Waals surface area contributed by atoms with Gasteiger partial charge in [-0.2, -0.15) is 0 Å². The van der Waals surface area contributed by atoms with Crippen LogP contribution in [0.5, 0.6) is 0 Å². The van der Waals surface area contributed by atoms with Gasteiger partial charge in [-0.05, 0) is 47.3 Å². The lowest BCUT2D eigenvalue weighted by molar-refractivity contribution is 0.126. The van der Waals surface area contributed by atoms with Crippen LogP contribution in [-0.4, -0.2) is 0 Å². The summed E-state index contributed by atoms with van der Waals surface area (Å²) in [5.41, 5.74) is 2.48. The van der Waals surface area contributed by atoms with Gasteiger partial charge in [-0.1, -0.05) is 39.8 Å². The Kier molecular flexibility index (Phi) is 1.09. The number of allylic oxidation sites excluding steroid dienone is 2. The molecule has 0 aromatic heterocycles. The van der Waals surface area contributed by atoms with E-state index in [1.165, 1.54) is 19.3 Å². The molecule has 2 spiro atoms. The zero-order valence-corrected chi connectivity index (χ0v) is 10.4. The maximum Gasteiger partial charge on any atom is 0.00343 e. The van der Waals surface area contributed by atoms with Gasteiger partial charge in [-0.25, -0.2) is 0 Å². The smallest absolute Gasteiger partial charge is 0.00343 e. The molecule has 0 heterocycles. The summed E-state index contributed by atoms with van der Waals surface area (Å²) in [6, 6.07) is 0. The molecular weight excluding hydrogens is 180 g/mol. The molecule has 5 aliphatic rings. The molecule has 0 unspecified atom stereocenters. The van der Waals surface area contributed by atoms with E-state index in [4.69, 9.17) is 0 Å². The molecule has 4 fully saturated rings. The summed E-state index contributed by atoms with van der Waals surface area (Å²) >= 11 is 0. The van der Waals surface area contributed by atoms with Gasteiger partial charge in [0.1, 0.15) is 0 Å². The van der Waals surface area contributed by atoms with Crippen molar-refractivity contribution in [2.45, 2.75) is 47.0 Å². The molecule has 82 valence electrons. The monoisotopic (exact) mass is 202 g/mol. The van der Waals surface area contributed by atoms with Crippen LogP contribution < -0.4 is 0 Å². The van der Waals surface area contributed by atoms with Gasteiger partial charge in [0, 0.05) is 5.41 Å². The molecule has 4 atom stereocenters. The zero-order valence-electron chi connectivity index (χ0n) is 10.4. The van der Waals surface area contributed by atoms with E-state index in [1.807, 2.05) is 0 Å². The summed E-state index contributed by atoms with van der Waals surface area (Å²) in [6.07, 6.45) is 9.50. The first-order chi connectivity index (χ1) is 6.90. The van der Waals surface area contributed by atoms with Crippen molar-refractivity contribution in [1.82, 2.24) is 0 Å². The Morgan fingerprint density at radius 2 is 1.87 bits per heavy atom. The van der Waals surface area contributed by atoms with Gasteiger partial charge < -0.3 is 0 Å². The minimum absolute atomic E-state index is 0.564. The molecule has 4 saturated carbocycles. The lowest BCUT2D eigenvalue weighted by Crippen LogP contribution is -2.33. The van der Waals surface area contributed by atoms with Crippen molar-refractivity contribution in [2.24, 2.45) is 33.5 Å². The third kappa shape index (κ3) is 0.531. The molecular formula is C15H22. The fourth-order valence-corrected chi connectivity index (χ4v) is 6.52. The Bertz CT molecular complexity index is 387. The Labute approximate surface area is 93.1 Å². The normalized spacial score (nSPS) is 60.5. The predicted molar refractivity (Wildman–Crippen MR) is 62.4 cm³/mol. The van der Waals surface area contributed by atoms with Gasteiger partial charge in [0.15, 0.2) is 0 Å². The summed E-state index contributed by atoms with van der Waals surface area (Å²) in [7, 11) is 0. The Morgan fingerprint density at radius 3 is 2.47 bits per heavy atom. The third-order valence-electron chi connectivity index (χ3n) is 7.19. The number of rotatable bonds is 0. The fourth-order valence-electron chi connectivity index (χ4n) is 6.52. The van der Waals surface area contributed by atoms with Crippen molar-refractivity contribution in [3.8, 4) is 0 Å². The second-order valence-corrected chi connectivity index (χ2v) is 7.74. The first-order valence-corrected chi connectivity index (χ1v) is 6.58. The lowest BCUT2D eigenvalue weighted by Gasteiger charge is -2.40. The molecule has 0 heteroatoms. The summed E-state index contributed by atoms with van der Waals surface area (Å²) in [5.74, 6) is 2.06. The van der Waals surface area contributed by atoms with E-state index in [2.05, 4.69) is 39.8 Å². The Morgan fingerprint density at radius 1 is 1.13 bits per heavy atom. The molecule has 0 N–H and O–H groups in total. The molecule has 5 rings (SSSR count). The Balaban J connectivity index is 2.00. The van der Waals surface area contributed by atoms with E-state index >= 15 is 0 Å². The molecule has 4 bridgehead atoms. The molecule has 0 amide bonds. The van der Waals surface area contributed by atoms with Crippen molar-refractivity contribution in [3.05, 3.63) is 12.2 Å². The largest absolute Gasteiger partial charge is 0.0874 e. The summed E-state index contributed by atoms with van der Waals surface area (Å²) < 4.78 is 0. The number of hydrogen-bond acceptors (Lipinski definition) is 0. The standard InChI is InChI=1S/C15H22/c1-12(2)6-5-7-14-11-8-10(13(14,3)4)9-15(11,12)14/h5,7,10-11H,6,8-9H2,1-4H3/t10-,11-,14-,15-/m0/s1. The van der Waals surface area contributed by atoms with E-state index in [0.29, 0.717) is 21.7 Å². The van der Waals surface area contributed by atoms with E-state index in [0.717, 1.165) is 11.8 Å². The van der Waals surface area contributed by atoms with Crippen LogP contribution in [0.4, 0.5) is 0 Å². The molecule has 0 aliphatic heterocycles. The minimum Gasteiger partial charge on any atom is -0.0874 e. The van der Waals surface area contributed by atoms with E-state index in [-0.39, 0.29) is 0 Å². The third-order valence-corrected chi connectivity index (χ3v) is 7.19. The van der Waals surface area contributed by atoms with Crippen LogP contribution in [0.15, 0.2) is 12.2 Å². The van der Waals surface area contributed by atoms with Crippen LogP contribution in [0, 0.1) is 33.5 Å². The van der Waals surface area contributed by atoms with Crippen molar-refractivity contribution in [1.29, 1.82) is 0 Å². The van der Waals surface area contributed by atoms with Gasteiger partial charge in [0.2, 0.25) is 0 Å². The lowest BCUT2D eigenvalue weighted by atomic mass is 9.64. The highest BCUT2D eigenvalue weighted by molar-refractivity contribution is 5.46. The van der Waals surface area contributed by atoms with Crippen LogP contribution >= 0.6 is 0 Å². The van der Waals surface area contributed by atoms with E-state index < -0.39 is 0 Å². The van der Waals surface area contributed by atoms with Crippen LogP contribution in [-0.2, 0) is 0 Å². The highest BCUT2D eigenvalue weighted by Crippen LogP contribution is 2.98. The fraction of sp³-hybridized carbons (Fsp3) is 0.867. The average Bonchev–Trinajstić information content (AvgIpc) is 2.40. The van der Waals surface area contributed by atoms with E-state index in [1.54, 1.807) is 0 Å². The van der Waals surface area contributed by atoms with Crippen molar-refractivity contribution >= 4 is 0 Å². The maximum atomic E-state index is 2.63. The number of hydrogen-bond donors (Lipinski definition) is 0. The maximum absolute atomic E-state index is 2.63. The van der Waals surface area contributed by atoms with Gasteiger partial charge in [0.05, 0.1) is 0 Å². The molecule has 0 aromatic rings. The second kappa shape index (κ2) is 1.85. The summed E-state index contributed by atoms with van der Waals surface area (Å²) in [6.45, 7) is 10.1. The molecule has 0 radical (unpaired) electrons. The SMILES string of the molecule is CC1(C)[C@H]2C[C@H]3[C@@]14C=CCC(C)(C)[C@]34C2. The molecule has 15 heavy (non-hydrogen) atoms.